The maximum atomic E-state index is 13.2. The Balaban J connectivity index is 2.00. The van der Waals surface area contributed by atoms with E-state index in [1.807, 2.05) is 0 Å². The zero-order valence-electron chi connectivity index (χ0n) is 9.84. The van der Waals surface area contributed by atoms with Crippen molar-refractivity contribution in [1.29, 1.82) is 0 Å². The van der Waals surface area contributed by atoms with Crippen LogP contribution in [0.1, 0.15) is 17.6 Å². The van der Waals surface area contributed by atoms with Crippen molar-refractivity contribution in [2.24, 2.45) is 0 Å². The number of anilines is 1. The highest BCUT2D eigenvalue weighted by atomic mass is 35.5. The first-order valence-electron chi connectivity index (χ1n) is 5.62. The van der Waals surface area contributed by atoms with Crippen LogP contribution in [0.2, 0.25) is 5.02 Å². The molecule has 0 aromatic heterocycles. The van der Waals surface area contributed by atoms with Crippen molar-refractivity contribution in [3.63, 3.8) is 0 Å². The van der Waals surface area contributed by atoms with E-state index in [0.717, 1.165) is 5.56 Å². The Kier molecular flexibility index (Phi) is 4.32. The molecule has 0 aliphatic carbocycles. The van der Waals surface area contributed by atoms with E-state index in [2.05, 4.69) is 5.32 Å². The van der Waals surface area contributed by atoms with E-state index in [4.69, 9.17) is 11.6 Å². The minimum absolute atomic E-state index is 0.0127. The van der Waals surface area contributed by atoms with Gasteiger partial charge in [-0.15, -0.1) is 0 Å². The van der Waals surface area contributed by atoms with Crippen LogP contribution < -0.4 is 5.32 Å². The molecule has 0 atom stereocenters. The van der Waals surface area contributed by atoms with Crippen molar-refractivity contribution >= 4 is 17.3 Å². The van der Waals surface area contributed by atoms with E-state index in [0.29, 0.717) is 12.2 Å². The van der Waals surface area contributed by atoms with E-state index in [1.165, 1.54) is 24.3 Å². The Morgan fingerprint density at radius 3 is 2.32 bits per heavy atom. The summed E-state index contributed by atoms with van der Waals surface area (Å²) in [5.41, 5.74) is 1.40. The fourth-order valence-electron chi connectivity index (χ4n) is 1.59. The molecular formula is C14H11ClF3N. The minimum Gasteiger partial charge on any atom is -0.381 e. The molecule has 2 aromatic carbocycles. The zero-order chi connectivity index (χ0) is 13.8. The molecule has 5 heteroatoms. The van der Waals surface area contributed by atoms with Crippen molar-refractivity contribution in [3.8, 4) is 0 Å². The summed E-state index contributed by atoms with van der Waals surface area (Å²) in [6.45, 7) is 0.421. The van der Waals surface area contributed by atoms with Crippen LogP contribution in [-0.4, -0.2) is 0 Å². The molecule has 100 valence electrons. The molecule has 0 saturated heterocycles. The zero-order valence-corrected chi connectivity index (χ0v) is 10.6. The van der Waals surface area contributed by atoms with E-state index in [1.54, 1.807) is 18.2 Å². The number of hydrogen-bond acceptors (Lipinski definition) is 1. The number of rotatable bonds is 4. The lowest BCUT2D eigenvalue weighted by atomic mass is 10.1. The van der Waals surface area contributed by atoms with Crippen molar-refractivity contribution in [2.45, 2.75) is 13.0 Å². The molecule has 19 heavy (non-hydrogen) atoms. The van der Waals surface area contributed by atoms with Crippen LogP contribution in [0.15, 0.2) is 42.5 Å². The third-order valence-electron chi connectivity index (χ3n) is 2.65. The molecule has 0 aliphatic rings. The highest BCUT2D eigenvalue weighted by Gasteiger charge is 2.06. The van der Waals surface area contributed by atoms with Gasteiger partial charge < -0.3 is 5.32 Å². The molecule has 0 spiro atoms. The SMILES string of the molecule is Fc1cc(NCc2ccc(C(F)F)cc2)ccc1Cl. The first kappa shape index (κ1) is 13.7. The van der Waals surface area contributed by atoms with Gasteiger partial charge in [-0.25, -0.2) is 13.2 Å². The van der Waals surface area contributed by atoms with Gasteiger partial charge in [0.25, 0.3) is 6.43 Å². The topological polar surface area (TPSA) is 12.0 Å². The molecule has 0 saturated carbocycles. The number of alkyl halides is 2. The van der Waals surface area contributed by atoms with E-state index >= 15 is 0 Å². The van der Waals surface area contributed by atoms with Gasteiger partial charge in [0.15, 0.2) is 0 Å². The van der Waals surface area contributed by atoms with Gasteiger partial charge in [0.1, 0.15) is 5.82 Å². The summed E-state index contributed by atoms with van der Waals surface area (Å²) in [4.78, 5) is 0. The highest BCUT2D eigenvalue weighted by Crippen LogP contribution is 2.21. The summed E-state index contributed by atoms with van der Waals surface area (Å²) < 4.78 is 37.9. The smallest absolute Gasteiger partial charge is 0.263 e. The second-order valence-electron chi connectivity index (χ2n) is 4.02. The maximum Gasteiger partial charge on any atom is 0.263 e. The van der Waals surface area contributed by atoms with Gasteiger partial charge in [-0.2, -0.15) is 0 Å². The molecule has 0 fully saturated rings. The van der Waals surface area contributed by atoms with Gasteiger partial charge in [-0.05, 0) is 23.8 Å². The Hall–Kier alpha value is -1.68. The third-order valence-corrected chi connectivity index (χ3v) is 2.95. The Labute approximate surface area is 114 Å². The normalized spacial score (nSPS) is 10.8. The highest BCUT2D eigenvalue weighted by molar-refractivity contribution is 6.30. The van der Waals surface area contributed by atoms with Gasteiger partial charge in [0.05, 0.1) is 5.02 Å². The second-order valence-corrected chi connectivity index (χ2v) is 4.43. The average Bonchev–Trinajstić information content (AvgIpc) is 2.40. The van der Waals surface area contributed by atoms with E-state index in [9.17, 15) is 13.2 Å². The first-order valence-corrected chi connectivity index (χ1v) is 6.00. The quantitative estimate of drug-likeness (QED) is 0.831. The lowest BCUT2D eigenvalue weighted by Crippen LogP contribution is -2.00. The molecular weight excluding hydrogens is 275 g/mol. The van der Waals surface area contributed by atoms with Crippen LogP contribution in [0.25, 0.3) is 0 Å². The predicted octanol–water partition coefficient (Wildman–Crippen LogP) is 5.03. The Morgan fingerprint density at radius 2 is 1.74 bits per heavy atom. The molecule has 0 aliphatic heterocycles. The molecule has 0 radical (unpaired) electrons. The summed E-state index contributed by atoms with van der Waals surface area (Å²) in [7, 11) is 0. The van der Waals surface area contributed by atoms with Gasteiger partial charge in [0.2, 0.25) is 0 Å². The van der Waals surface area contributed by atoms with Crippen LogP contribution >= 0.6 is 11.6 Å². The van der Waals surface area contributed by atoms with Crippen LogP contribution in [0, 0.1) is 5.82 Å². The van der Waals surface area contributed by atoms with Gasteiger partial charge in [-0.1, -0.05) is 35.9 Å². The molecule has 0 unspecified atom stereocenters. The van der Waals surface area contributed by atoms with Crippen molar-refractivity contribution in [1.82, 2.24) is 0 Å². The summed E-state index contributed by atoms with van der Waals surface area (Å²) in [6, 6.07) is 10.4. The van der Waals surface area contributed by atoms with Gasteiger partial charge in [0, 0.05) is 17.8 Å². The second kappa shape index (κ2) is 5.97. The summed E-state index contributed by atoms with van der Waals surface area (Å²) in [5.74, 6) is -0.500. The lowest BCUT2D eigenvalue weighted by molar-refractivity contribution is 0.151. The number of halogens is 4. The number of nitrogens with one attached hydrogen (secondary N) is 1. The largest absolute Gasteiger partial charge is 0.381 e. The third kappa shape index (κ3) is 3.64. The maximum absolute atomic E-state index is 13.2. The predicted molar refractivity (Wildman–Crippen MR) is 70.1 cm³/mol. The van der Waals surface area contributed by atoms with Gasteiger partial charge in [-0.3, -0.25) is 0 Å². The molecule has 1 nitrogen and oxygen atoms in total. The van der Waals surface area contributed by atoms with Crippen molar-refractivity contribution < 1.29 is 13.2 Å². The van der Waals surface area contributed by atoms with Crippen molar-refractivity contribution in [2.75, 3.05) is 5.32 Å². The first-order chi connectivity index (χ1) is 9.06. The van der Waals surface area contributed by atoms with Crippen LogP contribution in [-0.2, 0) is 6.54 Å². The molecule has 2 aromatic rings. The molecule has 0 bridgehead atoms. The summed E-state index contributed by atoms with van der Waals surface area (Å²) in [5, 5.41) is 3.05. The van der Waals surface area contributed by atoms with Crippen molar-refractivity contribution in [3.05, 3.63) is 64.4 Å². The standard InChI is InChI=1S/C14H11ClF3N/c15-12-6-5-11(7-13(12)16)19-8-9-1-3-10(4-2-9)14(17)18/h1-7,14,19H,8H2. The lowest BCUT2D eigenvalue weighted by Gasteiger charge is -2.08. The summed E-state index contributed by atoms with van der Waals surface area (Å²) >= 11 is 5.57. The van der Waals surface area contributed by atoms with E-state index < -0.39 is 12.2 Å². The van der Waals surface area contributed by atoms with Crippen LogP contribution in [0.5, 0.6) is 0 Å². The van der Waals surface area contributed by atoms with Gasteiger partial charge >= 0.3 is 0 Å². The molecule has 2 rings (SSSR count). The minimum atomic E-state index is -2.47. The molecule has 0 amide bonds. The Bertz CT molecular complexity index is 555. The number of benzene rings is 2. The van der Waals surface area contributed by atoms with E-state index in [-0.39, 0.29) is 10.6 Å². The Morgan fingerprint density at radius 1 is 1.05 bits per heavy atom. The molecule has 1 N–H and O–H groups in total. The molecule has 0 heterocycles. The monoisotopic (exact) mass is 285 g/mol. The fourth-order valence-corrected chi connectivity index (χ4v) is 1.71. The average molecular weight is 286 g/mol. The van der Waals surface area contributed by atoms with Crippen LogP contribution in [0.4, 0.5) is 18.9 Å². The fraction of sp³-hybridized carbons (Fsp3) is 0.143. The van der Waals surface area contributed by atoms with Crippen LogP contribution in [0.3, 0.4) is 0 Å². The summed E-state index contributed by atoms with van der Waals surface area (Å²) in [6.07, 6.45) is -2.47. The number of hydrogen-bond donors (Lipinski definition) is 1.